The molecule has 2 aromatic rings. The van der Waals surface area contributed by atoms with Crippen LogP contribution < -0.4 is 10.4 Å². The van der Waals surface area contributed by atoms with Crippen molar-refractivity contribution in [2.45, 2.75) is 19.4 Å². The molecule has 0 saturated carbocycles. The van der Waals surface area contributed by atoms with Gasteiger partial charge in [-0.15, -0.1) is 0 Å². The van der Waals surface area contributed by atoms with Gasteiger partial charge in [0, 0.05) is 22.8 Å². The van der Waals surface area contributed by atoms with E-state index in [0.29, 0.717) is 17.1 Å². The molecule has 26 heavy (non-hydrogen) atoms. The number of nitrogens with one attached hydrogen (secondary N) is 1. The Hall–Kier alpha value is -2.63. The lowest BCUT2D eigenvalue weighted by atomic mass is 9.99. The molecule has 1 aliphatic heterocycles. The molecule has 0 unspecified atom stereocenters. The molecule has 0 aromatic heterocycles. The minimum Gasteiger partial charge on any atom is -0.309 e. The molecule has 1 aliphatic rings. The number of anilines is 1. The third-order valence-corrected chi connectivity index (χ3v) is 4.47. The third-order valence-electron chi connectivity index (χ3n) is 4.22. The van der Waals surface area contributed by atoms with E-state index in [0.717, 1.165) is 29.7 Å². The van der Waals surface area contributed by atoms with E-state index in [-0.39, 0.29) is 18.4 Å². The van der Waals surface area contributed by atoms with Crippen LogP contribution in [0.15, 0.2) is 55.1 Å². The predicted octanol–water partition coefficient (Wildman–Crippen LogP) is 3.67. The summed E-state index contributed by atoms with van der Waals surface area (Å²) in [6.07, 6.45) is 2.98. The topological polar surface area (TPSA) is 58.6 Å². The summed E-state index contributed by atoms with van der Waals surface area (Å²) in [5.74, 6) is -0.455. The number of hydrogen-bond donors (Lipinski definition) is 1. The Kier molecular flexibility index (Phi) is 5.71. The highest BCUT2D eigenvalue weighted by Crippen LogP contribution is 2.28. The van der Waals surface area contributed by atoms with Crippen molar-refractivity contribution < 1.29 is 14.4 Å². The monoisotopic (exact) mass is 370 g/mol. The maximum Gasteiger partial charge on any atom is 0.274 e. The van der Waals surface area contributed by atoms with Crippen LogP contribution in [0.3, 0.4) is 0 Å². The van der Waals surface area contributed by atoms with E-state index >= 15 is 0 Å². The van der Waals surface area contributed by atoms with Crippen molar-refractivity contribution in [1.82, 2.24) is 5.48 Å². The fourth-order valence-electron chi connectivity index (χ4n) is 2.90. The number of benzene rings is 2. The molecule has 2 aromatic carbocycles. The van der Waals surface area contributed by atoms with Crippen molar-refractivity contribution in [1.29, 1.82) is 0 Å². The highest BCUT2D eigenvalue weighted by Gasteiger charge is 2.21. The zero-order valence-electron chi connectivity index (χ0n) is 14.2. The first kappa shape index (κ1) is 18.2. The molecule has 134 valence electrons. The fourth-order valence-corrected chi connectivity index (χ4v) is 3.03. The highest BCUT2D eigenvalue weighted by atomic mass is 35.5. The van der Waals surface area contributed by atoms with Crippen LogP contribution in [0, 0.1) is 0 Å². The van der Waals surface area contributed by atoms with Crippen molar-refractivity contribution in [3.05, 3.63) is 76.8 Å². The zero-order valence-corrected chi connectivity index (χ0v) is 15.0. The van der Waals surface area contributed by atoms with Crippen LogP contribution in [-0.4, -0.2) is 18.4 Å². The number of aryl methyl sites for hydroxylation is 1. The first-order valence-electron chi connectivity index (χ1n) is 8.32. The average Bonchev–Trinajstić information content (AvgIpc) is 2.67. The summed E-state index contributed by atoms with van der Waals surface area (Å²) in [7, 11) is 0. The van der Waals surface area contributed by atoms with Gasteiger partial charge in [0.2, 0.25) is 5.91 Å². The van der Waals surface area contributed by atoms with Crippen molar-refractivity contribution >= 4 is 29.1 Å². The summed E-state index contributed by atoms with van der Waals surface area (Å²) in [4.78, 5) is 31.2. The summed E-state index contributed by atoms with van der Waals surface area (Å²) in [5.41, 5.74) is 5.64. The van der Waals surface area contributed by atoms with Gasteiger partial charge in [0.15, 0.2) is 0 Å². The van der Waals surface area contributed by atoms with Crippen LogP contribution in [0.25, 0.3) is 0 Å². The smallest absolute Gasteiger partial charge is 0.274 e. The Labute approximate surface area is 157 Å². The Morgan fingerprint density at radius 1 is 1.23 bits per heavy atom. The quantitative estimate of drug-likeness (QED) is 0.645. The number of hydrogen-bond acceptors (Lipinski definition) is 3. The second kappa shape index (κ2) is 8.17. The number of fused-ring (bicyclic) bond motifs is 1. The molecule has 6 heteroatoms. The van der Waals surface area contributed by atoms with Gasteiger partial charge in [-0.3, -0.25) is 14.4 Å². The number of rotatable bonds is 5. The van der Waals surface area contributed by atoms with E-state index in [1.807, 2.05) is 12.1 Å². The molecule has 1 heterocycles. The van der Waals surface area contributed by atoms with Crippen LogP contribution in [0.1, 0.15) is 27.9 Å². The Morgan fingerprint density at radius 2 is 2.00 bits per heavy atom. The molecule has 0 radical (unpaired) electrons. The van der Waals surface area contributed by atoms with Crippen LogP contribution in [-0.2, 0) is 22.7 Å². The molecule has 2 amide bonds. The number of carbonyl (C=O) groups is 2. The van der Waals surface area contributed by atoms with Gasteiger partial charge < -0.3 is 4.90 Å². The highest BCUT2D eigenvalue weighted by molar-refractivity contribution is 6.30. The molecule has 1 N–H and O–H groups in total. The minimum atomic E-state index is -0.325. The summed E-state index contributed by atoms with van der Waals surface area (Å²) in [6, 6.07) is 12.5. The van der Waals surface area contributed by atoms with Crippen LogP contribution >= 0.6 is 11.6 Å². The van der Waals surface area contributed by atoms with Crippen molar-refractivity contribution in [2.24, 2.45) is 0 Å². The summed E-state index contributed by atoms with van der Waals surface area (Å²) >= 11 is 5.83. The van der Waals surface area contributed by atoms with E-state index in [2.05, 4.69) is 12.1 Å². The molecule has 0 spiro atoms. The molecule has 0 aliphatic carbocycles. The molecule has 3 rings (SSSR count). The summed E-state index contributed by atoms with van der Waals surface area (Å²) < 4.78 is 0. The van der Waals surface area contributed by atoms with E-state index in [1.54, 1.807) is 35.2 Å². The molecule has 0 atom stereocenters. The Bertz CT molecular complexity index is 833. The minimum absolute atomic E-state index is 0.130. The Balaban J connectivity index is 1.64. The van der Waals surface area contributed by atoms with Gasteiger partial charge in [0.25, 0.3) is 5.91 Å². The average molecular weight is 371 g/mol. The standard InChI is InChI=1S/C20H19ClN2O3/c1-2-19(24)23-11-3-4-15-12-16(7-10-18(15)23)20(25)22-26-13-14-5-8-17(21)9-6-14/h2,5-10,12H,1,3-4,11,13H2,(H,22,25). The molecule has 0 fully saturated rings. The van der Waals surface area contributed by atoms with Crippen molar-refractivity contribution in [3.8, 4) is 0 Å². The second-order valence-electron chi connectivity index (χ2n) is 5.99. The van der Waals surface area contributed by atoms with Gasteiger partial charge in [-0.05, 0) is 60.4 Å². The lowest BCUT2D eigenvalue weighted by Crippen LogP contribution is -2.34. The van der Waals surface area contributed by atoms with Crippen LogP contribution in [0.5, 0.6) is 0 Å². The predicted molar refractivity (Wildman–Crippen MR) is 101 cm³/mol. The maximum atomic E-state index is 12.3. The third kappa shape index (κ3) is 4.12. The molecule has 0 bridgehead atoms. The SMILES string of the molecule is C=CC(=O)N1CCCc2cc(C(=O)NOCc3ccc(Cl)cc3)ccc21. The Morgan fingerprint density at radius 3 is 2.73 bits per heavy atom. The first-order chi connectivity index (χ1) is 12.6. The summed E-state index contributed by atoms with van der Waals surface area (Å²) in [6.45, 7) is 4.44. The molecule has 5 nitrogen and oxygen atoms in total. The lowest BCUT2D eigenvalue weighted by Gasteiger charge is -2.28. The fraction of sp³-hybridized carbons (Fsp3) is 0.200. The molecular weight excluding hydrogens is 352 g/mol. The van der Waals surface area contributed by atoms with Gasteiger partial charge >= 0.3 is 0 Å². The van der Waals surface area contributed by atoms with E-state index in [4.69, 9.17) is 16.4 Å². The van der Waals surface area contributed by atoms with Gasteiger partial charge in [0.05, 0.1) is 6.61 Å². The normalized spacial score (nSPS) is 13.0. The van der Waals surface area contributed by atoms with E-state index in [1.165, 1.54) is 6.08 Å². The number of amides is 2. The number of carbonyl (C=O) groups excluding carboxylic acids is 2. The van der Waals surface area contributed by atoms with Crippen molar-refractivity contribution in [2.75, 3.05) is 11.4 Å². The van der Waals surface area contributed by atoms with Gasteiger partial charge in [-0.2, -0.15) is 0 Å². The number of hydroxylamine groups is 1. The maximum absolute atomic E-state index is 12.3. The van der Waals surface area contributed by atoms with E-state index < -0.39 is 0 Å². The largest absolute Gasteiger partial charge is 0.309 e. The second-order valence-corrected chi connectivity index (χ2v) is 6.42. The first-order valence-corrected chi connectivity index (χ1v) is 8.69. The van der Waals surface area contributed by atoms with Crippen molar-refractivity contribution in [3.63, 3.8) is 0 Å². The zero-order chi connectivity index (χ0) is 18.5. The summed E-state index contributed by atoms with van der Waals surface area (Å²) in [5, 5.41) is 0.649. The van der Waals surface area contributed by atoms with Gasteiger partial charge in [-0.1, -0.05) is 30.3 Å². The molecular formula is C20H19ClN2O3. The number of nitrogens with zero attached hydrogens (tertiary/aromatic N) is 1. The van der Waals surface area contributed by atoms with E-state index in [9.17, 15) is 9.59 Å². The van der Waals surface area contributed by atoms with Crippen LogP contribution in [0.4, 0.5) is 5.69 Å². The molecule has 0 saturated heterocycles. The van der Waals surface area contributed by atoms with Gasteiger partial charge in [-0.25, -0.2) is 5.48 Å². The lowest BCUT2D eigenvalue weighted by molar-refractivity contribution is -0.114. The van der Waals surface area contributed by atoms with Crippen LogP contribution in [0.2, 0.25) is 5.02 Å². The number of halogens is 1. The van der Waals surface area contributed by atoms with Gasteiger partial charge in [0.1, 0.15) is 0 Å².